The third-order valence-corrected chi connectivity index (χ3v) is 5.11. The van der Waals surface area contributed by atoms with Gasteiger partial charge in [-0.25, -0.2) is 8.42 Å². The second-order valence-electron chi connectivity index (χ2n) is 4.20. The predicted molar refractivity (Wildman–Crippen MR) is 88.9 cm³/mol. The third kappa shape index (κ3) is 3.97. The Bertz CT molecular complexity index is 695. The van der Waals surface area contributed by atoms with Gasteiger partial charge in [0.2, 0.25) is 10.0 Å². The molecule has 0 unspecified atom stereocenters. The van der Waals surface area contributed by atoms with E-state index in [-0.39, 0.29) is 5.75 Å². The van der Waals surface area contributed by atoms with E-state index >= 15 is 0 Å². The van der Waals surface area contributed by atoms with Crippen LogP contribution >= 0.6 is 31.9 Å². The highest BCUT2D eigenvalue weighted by Crippen LogP contribution is 2.31. The molecule has 0 amide bonds. The second kappa shape index (κ2) is 6.15. The average molecular weight is 420 g/mol. The number of halogens is 2. The lowest BCUT2D eigenvalue weighted by Gasteiger charge is -2.11. The number of nitrogens with two attached hydrogens (primary N) is 1. The van der Waals surface area contributed by atoms with Gasteiger partial charge in [0, 0.05) is 14.6 Å². The summed E-state index contributed by atoms with van der Waals surface area (Å²) in [6.45, 7) is 0. The van der Waals surface area contributed by atoms with E-state index in [1.807, 2.05) is 6.07 Å². The molecule has 2 aromatic rings. The van der Waals surface area contributed by atoms with Crippen molar-refractivity contribution in [3.8, 4) is 0 Å². The summed E-state index contributed by atoms with van der Waals surface area (Å²) in [5.74, 6) is -0.110. The Labute approximate surface area is 134 Å². The summed E-state index contributed by atoms with van der Waals surface area (Å²) in [5, 5.41) is 0. The zero-order chi connectivity index (χ0) is 14.8. The van der Waals surface area contributed by atoms with Crippen LogP contribution in [0.4, 0.5) is 11.4 Å². The molecule has 0 aromatic heterocycles. The standard InChI is InChI=1S/C13H12Br2N2O2S/c14-11-2-1-3-12(15)13(11)17-20(18,19)8-9-4-6-10(16)7-5-9/h1-7,17H,8,16H2. The van der Waals surface area contributed by atoms with Gasteiger partial charge in [0.1, 0.15) is 0 Å². The number of benzene rings is 2. The number of nitrogen functional groups attached to an aromatic ring is 1. The van der Waals surface area contributed by atoms with Crippen molar-refractivity contribution in [2.75, 3.05) is 10.5 Å². The second-order valence-corrected chi connectivity index (χ2v) is 7.63. The van der Waals surface area contributed by atoms with Gasteiger partial charge < -0.3 is 5.73 Å². The summed E-state index contributed by atoms with van der Waals surface area (Å²) in [4.78, 5) is 0. The smallest absolute Gasteiger partial charge is 0.236 e. The lowest BCUT2D eigenvalue weighted by Crippen LogP contribution is -2.15. The molecule has 0 bridgehead atoms. The van der Waals surface area contributed by atoms with Crippen LogP contribution < -0.4 is 10.5 Å². The number of sulfonamides is 1. The zero-order valence-corrected chi connectivity index (χ0v) is 14.3. The van der Waals surface area contributed by atoms with Gasteiger partial charge in [-0.05, 0) is 61.7 Å². The summed E-state index contributed by atoms with van der Waals surface area (Å²) in [5.41, 5.74) is 7.35. The average Bonchev–Trinajstić information content (AvgIpc) is 2.37. The molecule has 0 fully saturated rings. The summed E-state index contributed by atoms with van der Waals surface area (Å²) in [6.07, 6.45) is 0. The van der Waals surface area contributed by atoms with E-state index in [0.717, 1.165) is 0 Å². The number of rotatable bonds is 4. The zero-order valence-electron chi connectivity index (χ0n) is 10.3. The highest BCUT2D eigenvalue weighted by atomic mass is 79.9. The Morgan fingerprint density at radius 2 is 1.55 bits per heavy atom. The fraction of sp³-hybridized carbons (Fsp3) is 0.0769. The van der Waals surface area contributed by atoms with Crippen LogP contribution in [0.15, 0.2) is 51.4 Å². The van der Waals surface area contributed by atoms with Crippen LogP contribution in [-0.2, 0) is 15.8 Å². The molecule has 2 rings (SSSR count). The molecule has 0 saturated carbocycles. The molecule has 2 aromatic carbocycles. The predicted octanol–water partition coefficient (Wildman–Crippen LogP) is 3.74. The molecule has 0 aliphatic rings. The van der Waals surface area contributed by atoms with E-state index < -0.39 is 10.0 Å². The molecule has 0 atom stereocenters. The van der Waals surface area contributed by atoms with Crippen LogP contribution in [0.1, 0.15) is 5.56 Å². The van der Waals surface area contributed by atoms with Crippen molar-refractivity contribution in [1.29, 1.82) is 0 Å². The van der Waals surface area contributed by atoms with Crippen molar-refractivity contribution in [1.82, 2.24) is 0 Å². The number of anilines is 2. The molecule has 3 N–H and O–H groups in total. The first-order valence-corrected chi connectivity index (χ1v) is 8.90. The molecule has 0 radical (unpaired) electrons. The van der Waals surface area contributed by atoms with Crippen molar-refractivity contribution in [2.24, 2.45) is 0 Å². The van der Waals surface area contributed by atoms with Gasteiger partial charge in [0.25, 0.3) is 0 Å². The van der Waals surface area contributed by atoms with Crippen LogP contribution in [0, 0.1) is 0 Å². The first kappa shape index (κ1) is 15.3. The molecule has 106 valence electrons. The Morgan fingerprint density at radius 1 is 1.00 bits per heavy atom. The summed E-state index contributed by atoms with van der Waals surface area (Å²) >= 11 is 6.64. The van der Waals surface area contributed by atoms with Gasteiger partial charge >= 0.3 is 0 Å². The molecule has 0 heterocycles. The maximum atomic E-state index is 12.2. The van der Waals surface area contributed by atoms with Crippen LogP contribution in [0.25, 0.3) is 0 Å². The number of hydrogen-bond acceptors (Lipinski definition) is 3. The molecule has 20 heavy (non-hydrogen) atoms. The molecular formula is C13H12Br2N2O2S. The molecule has 0 saturated heterocycles. The van der Waals surface area contributed by atoms with Gasteiger partial charge in [-0.3, -0.25) is 4.72 Å². The summed E-state index contributed by atoms with van der Waals surface area (Å²) < 4.78 is 28.3. The van der Waals surface area contributed by atoms with Gasteiger partial charge in [-0.1, -0.05) is 18.2 Å². The highest BCUT2D eigenvalue weighted by molar-refractivity contribution is 9.11. The Kier molecular flexibility index (Phi) is 4.72. The minimum absolute atomic E-state index is 0.110. The van der Waals surface area contributed by atoms with Gasteiger partial charge in [-0.2, -0.15) is 0 Å². The Hall–Kier alpha value is -1.05. The van der Waals surface area contributed by atoms with Crippen LogP contribution in [0.3, 0.4) is 0 Å². The molecule has 0 aliphatic heterocycles. The Balaban J connectivity index is 2.21. The van der Waals surface area contributed by atoms with E-state index in [2.05, 4.69) is 36.6 Å². The molecule has 0 spiro atoms. The number of hydrogen-bond donors (Lipinski definition) is 2. The van der Waals surface area contributed by atoms with E-state index in [4.69, 9.17) is 5.73 Å². The monoisotopic (exact) mass is 418 g/mol. The van der Waals surface area contributed by atoms with Crippen molar-refractivity contribution in [2.45, 2.75) is 5.75 Å². The lowest BCUT2D eigenvalue weighted by molar-refractivity contribution is 0.600. The summed E-state index contributed by atoms with van der Waals surface area (Å²) in [7, 11) is -3.50. The Morgan fingerprint density at radius 3 is 2.10 bits per heavy atom. The van der Waals surface area contributed by atoms with E-state index in [1.165, 1.54) is 0 Å². The highest BCUT2D eigenvalue weighted by Gasteiger charge is 2.15. The third-order valence-electron chi connectivity index (χ3n) is 2.56. The fourth-order valence-corrected chi connectivity index (χ4v) is 4.31. The summed E-state index contributed by atoms with van der Waals surface area (Å²) in [6, 6.07) is 12.1. The first-order chi connectivity index (χ1) is 9.37. The largest absolute Gasteiger partial charge is 0.399 e. The van der Waals surface area contributed by atoms with E-state index in [1.54, 1.807) is 36.4 Å². The molecule has 7 heteroatoms. The van der Waals surface area contributed by atoms with Crippen LogP contribution in [-0.4, -0.2) is 8.42 Å². The normalized spacial score (nSPS) is 11.3. The van der Waals surface area contributed by atoms with Gasteiger partial charge in [-0.15, -0.1) is 0 Å². The van der Waals surface area contributed by atoms with Crippen molar-refractivity contribution >= 4 is 53.3 Å². The van der Waals surface area contributed by atoms with Crippen molar-refractivity contribution < 1.29 is 8.42 Å². The van der Waals surface area contributed by atoms with Gasteiger partial charge in [0.15, 0.2) is 0 Å². The molecule has 4 nitrogen and oxygen atoms in total. The quantitative estimate of drug-likeness (QED) is 0.741. The van der Waals surface area contributed by atoms with E-state index in [0.29, 0.717) is 25.9 Å². The number of para-hydroxylation sites is 1. The fourth-order valence-electron chi connectivity index (χ4n) is 1.62. The van der Waals surface area contributed by atoms with Crippen LogP contribution in [0.2, 0.25) is 0 Å². The molecular weight excluding hydrogens is 408 g/mol. The molecule has 0 aliphatic carbocycles. The van der Waals surface area contributed by atoms with Crippen LogP contribution in [0.5, 0.6) is 0 Å². The maximum Gasteiger partial charge on any atom is 0.236 e. The maximum absolute atomic E-state index is 12.2. The lowest BCUT2D eigenvalue weighted by atomic mass is 10.2. The minimum Gasteiger partial charge on any atom is -0.399 e. The number of nitrogens with one attached hydrogen (secondary N) is 1. The van der Waals surface area contributed by atoms with Crippen molar-refractivity contribution in [3.63, 3.8) is 0 Å². The first-order valence-electron chi connectivity index (χ1n) is 5.66. The van der Waals surface area contributed by atoms with E-state index in [9.17, 15) is 8.42 Å². The van der Waals surface area contributed by atoms with Gasteiger partial charge in [0.05, 0.1) is 11.4 Å². The topological polar surface area (TPSA) is 72.2 Å². The minimum atomic E-state index is -3.50. The van der Waals surface area contributed by atoms with Crippen molar-refractivity contribution in [3.05, 3.63) is 57.0 Å². The SMILES string of the molecule is Nc1ccc(CS(=O)(=O)Nc2c(Br)cccc2Br)cc1.